The van der Waals surface area contributed by atoms with Crippen LogP contribution in [0.3, 0.4) is 0 Å². The van der Waals surface area contributed by atoms with E-state index in [0.29, 0.717) is 50.5 Å². The molecule has 1 aliphatic rings. The predicted molar refractivity (Wildman–Crippen MR) is 103 cm³/mol. The van der Waals surface area contributed by atoms with Crippen molar-refractivity contribution in [3.63, 3.8) is 0 Å². The van der Waals surface area contributed by atoms with Crippen LogP contribution >= 0.6 is 0 Å². The molecule has 1 saturated heterocycles. The molecule has 0 atom stereocenters. The maximum atomic E-state index is 13.8. The Bertz CT molecular complexity index is 947. The normalized spacial score (nSPS) is 14.3. The van der Waals surface area contributed by atoms with Gasteiger partial charge in [0.1, 0.15) is 11.6 Å². The van der Waals surface area contributed by atoms with Crippen LogP contribution in [-0.2, 0) is 11.2 Å². The number of carbonyl (C=O) groups excluding carboxylic acids is 2. The monoisotopic (exact) mass is 397 g/mol. The van der Waals surface area contributed by atoms with E-state index in [1.54, 1.807) is 12.1 Å². The number of halogens is 2. The number of piperidine rings is 1. The Morgan fingerprint density at radius 3 is 2.59 bits per heavy atom. The lowest BCUT2D eigenvalue weighted by Crippen LogP contribution is -2.43. The number of nitrogens with one attached hydrogen (secondary N) is 1. The fourth-order valence-corrected chi connectivity index (χ4v) is 3.45. The Morgan fingerprint density at radius 1 is 1.14 bits per heavy atom. The summed E-state index contributed by atoms with van der Waals surface area (Å²) in [7, 11) is 0. The Kier molecular flexibility index (Phi) is 6.55. The van der Waals surface area contributed by atoms with Crippen LogP contribution in [0.2, 0.25) is 0 Å². The summed E-state index contributed by atoms with van der Waals surface area (Å²) >= 11 is 0. The number of amides is 2. The smallest absolute Gasteiger partial charge is 0.256 e. The van der Waals surface area contributed by atoms with E-state index in [2.05, 4.69) is 11.4 Å². The summed E-state index contributed by atoms with van der Waals surface area (Å²) in [6, 6.07) is 12.2. The van der Waals surface area contributed by atoms with Crippen molar-refractivity contribution in [2.45, 2.75) is 19.3 Å². The molecule has 1 heterocycles. The molecule has 0 saturated carbocycles. The van der Waals surface area contributed by atoms with Gasteiger partial charge in [-0.2, -0.15) is 5.26 Å². The van der Waals surface area contributed by atoms with Crippen molar-refractivity contribution in [2.75, 3.05) is 19.6 Å². The van der Waals surface area contributed by atoms with Gasteiger partial charge in [-0.1, -0.05) is 12.1 Å². The van der Waals surface area contributed by atoms with Crippen LogP contribution in [0.4, 0.5) is 8.78 Å². The van der Waals surface area contributed by atoms with Gasteiger partial charge in [0.15, 0.2) is 0 Å². The third kappa shape index (κ3) is 5.17. The SMILES string of the molecule is N#Cc1cccc(CCNC(=O)C2CCN(C(=O)c3ccc(F)cc3F)CC2)c1. The third-order valence-corrected chi connectivity index (χ3v) is 5.08. The van der Waals surface area contributed by atoms with Gasteiger partial charge < -0.3 is 10.2 Å². The maximum absolute atomic E-state index is 13.8. The van der Waals surface area contributed by atoms with E-state index in [9.17, 15) is 18.4 Å². The highest BCUT2D eigenvalue weighted by molar-refractivity contribution is 5.94. The number of hydrogen-bond donors (Lipinski definition) is 1. The van der Waals surface area contributed by atoms with Gasteiger partial charge in [0, 0.05) is 31.6 Å². The van der Waals surface area contributed by atoms with Crippen molar-refractivity contribution < 1.29 is 18.4 Å². The quantitative estimate of drug-likeness (QED) is 0.843. The molecule has 1 fully saturated rings. The zero-order valence-electron chi connectivity index (χ0n) is 15.8. The second kappa shape index (κ2) is 9.28. The first-order valence-electron chi connectivity index (χ1n) is 9.49. The van der Waals surface area contributed by atoms with Crippen molar-refractivity contribution in [3.8, 4) is 6.07 Å². The minimum atomic E-state index is -0.879. The minimum Gasteiger partial charge on any atom is -0.356 e. The third-order valence-electron chi connectivity index (χ3n) is 5.08. The lowest BCUT2D eigenvalue weighted by Gasteiger charge is -2.31. The van der Waals surface area contributed by atoms with E-state index in [0.717, 1.165) is 17.7 Å². The minimum absolute atomic E-state index is 0.0681. The molecule has 0 unspecified atom stereocenters. The summed E-state index contributed by atoms with van der Waals surface area (Å²) < 4.78 is 26.8. The number of likely N-dealkylation sites (tertiary alicyclic amines) is 1. The van der Waals surface area contributed by atoms with Crippen molar-refractivity contribution in [1.29, 1.82) is 5.26 Å². The molecule has 2 aromatic rings. The molecule has 5 nitrogen and oxygen atoms in total. The molecule has 1 N–H and O–H groups in total. The fourth-order valence-electron chi connectivity index (χ4n) is 3.45. The Morgan fingerprint density at radius 2 is 1.90 bits per heavy atom. The summed E-state index contributed by atoms with van der Waals surface area (Å²) in [6.07, 6.45) is 1.61. The summed E-state index contributed by atoms with van der Waals surface area (Å²) in [5, 5.41) is 11.8. The Hall–Kier alpha value is -3.27. The van der Waals surface area contributed by atoms with Gasteiger partial charge in [0.05, 0.1) is 17.2 Å². The number of carbonyl (C=O) groups is 2. The molecular weight excluding hydrogens is 376 g/mol. The van der Waals surface area contributed by atoms with Crippen LogP contribution in [-0.4, -0.2) is 36.3 Å². The molecule has 0 spiro atoms. The van der Waals surface area contributed by atoms with Gasteiger partial charge in [-0.25, -0.2) is 8.78 Å². The molecule has 2 amide bonds. The number of rotatable bonds is 5. The zero-order valence-corrected chi connectivity index (χ0v) is 15.8. The molecule has 29 heavy (non-hydrogen) atoms. The molecule has 1 aliphatic heterocycles. The number of nitrogens with zero attached hydrogens (tertiary/aromatic N) is 2. The molecule has 0 radical (unpaired) electrons. The standard InChI is InChI=1S/C22H21F2N3O2/c23-18-4-5-19(20(24)13-18)22(29)27-10-7-17(8-11-27)21(28)26-9-6-15-2-1-3-16(12-15)14-25/h1-5,12-13,17H,6-11H2,(H,26,28). The number of nitriles is 1. The van der Waals surface area contributed by atoms with Crippen LogP contribution in [0.25, 0.3) is 0 Å². The van der Waals surface area contributed by atoms with E-state index in [1.807, 2.05) is 12.1 Å². The molecule has 2 aromatic carbocycles. The van der Waals surface area contributed by atoms with Gasteiger partial charge in [0.25, 0.3) is 5.91 Å². The van der Waals surface area contributed by atoms with E-state index in [-0.39, 0.29) is 17.4 Å². The van der Waals surface area contributed by atoms with Gasteiger partial charge in [-0.05, 0) is 49.1 Å². The highest BCUT2D eigenvalue weighted by Crippen LogP contribution is 2.20. The van der Waals surface area contributed by atoms with Crippen LogP contribution in [0.15, 0.2) is 42.5 Å². The van der Waals surface area contributed by atoms with Gasteiger partial charge in [-0.15, -0.1) is 0 Å². The second-order valence-corrected chi connectivity index (χ2v) is 7.04. The average Bonchev–Trinajstić information content (AvgIpc) is 2.73. The molecule has 0 bridgehead atoms. The van der Waals surface area contributed by atoms with E-state index >= 15 is 0 Å². The van der Waals surface area contributed by atoms with Crippen LogP contribution in [0.1, 0.15) is 34.3 Å². The lowest BCUT2D eigenvalue weighted by molar-refractivity contribution is -0.126. The topological polar surface area (TPSA) is 73.2 Å². The molecule has 0 aliphatic carbocycles. The van der Waals surface area contributed by atoms with Gasteiger partial charge >= 0.3 is 0 Å². The molecule has 7 heteroatoms. The Balaban J connectivity index is 1.46. The summed E-state index contributed by atoms with van der Waals surface area (Å²) in [5.74, 6) is -2.37. The van der Waals surface area contributed by atoms with Crippen LogP contribution < -0.4 is 5.32 Å². The largest absolute Gasteiger partial charge is 0.356 e. The first kappa shape index (κ1) is 20.5. The second-order valence-electron chi connectivity index (χ2n) is 7.04. The van der Waals surface area contributed by atoms with Crippen LogP contribution in [0.5, 0.6) is 0 Å². The predicted octanol–water partition coefficient (Wildman–Crippen LogP) is 3.05. The van der Waals surface area contributed by atoms with Crippen molar-refractivity contribution in [1.82, 2.24) is 10.2 Å². The van der Waals surface area contributed by atoms with Gasteiger partial charge in [0.2, 0.25) is 5.91 Å². The van der Waals surface area contributed by atoms with Crippen LogP contribution in [0, 0.1) is 28.9 Å². The lowest BCUT2D eigenvalue weighted by atomic mass is 9.95. The first-order valence-corrected chi connectivity index (χ1v) is 9.49. The number of hydrogen-bond acceptors (Lipinski definition) is 3. The Labute approximate surface area is 167 Å². The van der Waals surface area contributed by atoms with Crippen molar-refractivity contribution in [2.24, 2.45) is 5.92 Å². The molecule has 0 aromatic heterocycles. The van der Waals surface area contributed by atoms with Gasteiger partial charge in [-0.3, -0.25) is 9.59 Å². The van der Waals surface area contributed by atoms with E-state index in [1.165, 1.54) is 4.90 Å². The van der Waals surface area contributed by atoms with Crippen molar-refractivity contribution >= 4 is 11.8 Å². The fraction of sp³-hybridized carbons (Fsp3) is 0.318. The first-order chi connectivity index (χ1) is 14.0. The summed E-state index contributed by atoms with van der Waals surface area (Å²) in [4.78, 5) is 26.3. The summed E-state index contributed by atoms with van der Waals surface area (Å²) in [6.45, 7) is 1.16. The average molecular weight is 397 g/mol. The molecular formula is C22H21F2N3O2. The van der Waals surface area contributed by atoms with E-state index < -0.39 is 17.5 Å². The zero-order chi connectivity index (χ0) is 20.8. The molecule has 3 rings (SSSR count). The number of benzene rings is 2. The highest BCUT2D eigenvalue weighted by atomic mass is 19.1. The van der Waals surface area contributed by atoms with Crippen molar-refractivity contribution in [3.05, 3.63) is 70.8 Å². The van der Waals surface area contributed by atoms with E-state index in [4.69, 9.17) is 5.26 Å². The summed E-state index contributed by atoms with van der Waals surface area (Å²) in [5.41, 5.74) is 1.41. The highest BCUT2D eigenvalue weighted by Gasteiger charge is 2.28. The maximum Gasteiger partial charge on any atom is 0.256 e. The molecule has 150 valence electrons.